The van der Waals surface area contributed by atoms with Crippen LogP contribution in [-0.2, 0) is 55.8 Å². The quantitative estimate of drug-likeness (QED) is 0.0146. The summed E-state index contributed by atoms with van der Waals surface area (Å²) in [6.45, 7) is 2.44. The molecule has 624 valence electrons. The van der Waals surface area contributed by atoms with E-state index in [1.807, 2.05) is 0 Å². The summed E-state index contributed by atoms with van der Waals surface area (Å²) in [4.78, 5) is 58.7. The number of hydrogen-bond donors (Lipinski definition) is 4. The zero-order valence-electron chi connectivity index (χ0n) is 68.4. The predicted octanol–water partition coefficient (Wildman–Crippen LogP) is 25.8. The summed E-state index contributed by atoms with van der Waals surface area (Å²) >= 11 is 0. The van der Waals surface area contributed by atoms with E-state index in [9.17, 15) is 43.5 Å². The van der Waals surface area contributed by atoms with Crippen LogP contribution in [0.3, 0.4) is 0 Å². The molecule has 18 heteroatoms. The summed E-state index contributed by atoms with van der Waals surface area (Å²) in [6.07, 6.45) is 104. The molecule has 0 aromatic rings. The van der Waals surface area contributed by atoms with Crippen LogP contribution in [-0.4, -0.2) is 95.9 Å². The number of rotatable bonds is 80. The highest BCUT2D eigenvalue weighted by atomic mass is 31.2. The molecule has 0 aromatic heterocycles. The van der Waals surface area contributed by atoms with Crippen molar-refractivity contribution in [3.05, 3.63) is 158 Å². The third-order valence-electron chi connectivity index (χ3n) is 17.7. The van der Waals surface area contributed by atoms with Gasteiger partial charge in [0.2, 0.25) is 0 Å². The molecule has 0 aromatic carbocycles. The maximum atomic E-state index is 13.0. The molecule has 0 aliphatic rings. The lowest BCUT2D eigenvalue weighted by Gasteiger charge is -2.21. The Labute approximate surface area is 663 Å². The Bertz CT molecular complexity index is 2610. The number of allylic oxidation sites excluding steroid dienone is 26. The maximum absolute atomic E-state index is 13.0. The molecule has 0 aliphatic heterocycles. The fourth-order valence-electron chi connectivity index (χ4n) is 11.3. The number of phosphoric ester groups is 2. The molecule has 0 saturated carbocycles. The summed E-state index contributed by atoms with van der Waals surface area (Å²) in [5, 5.41) is 20.7. The van der Waals surface area contributed by atoms with E-state index in [0.717, 1.165) is 173 Å². The number of phosphoric acid groups is 2. The Morgan fingerprint density at radius 1 is 0.266 bits per heavy atom. The molecule has 109 heavy (non-hydrogen) atoms. The van der Waals surface area contributed by atoms with Crippen LogP contribution in [0.5, 0.6) is 0 Å². The molecular weight excluding hydrogens is 1410 g/mol. The van der Waals surface area contributed by atoms with Gasteiger partial charge in [-0.3, -0.25) is 32.5 Å². The largest absolute Gasteiger partial charge is 0.472 e. The second-order valence-corrected chi connectivity index (χ2v) is 31.1. The first-order valence-corrected chi connectivity index (χ1v) is 45.8. The van der Waals surface area contributed by atoms with E-state index in [-0.39, 0.29) is 19.3 Å². The van der Waals surface area contributed by atoms with E-state index in [1.54, 1.807) is 0 Å². The number of ether oxygens (including phenoxy) is 3. The normalized spacial score (nSPS) is 14.7. The third kappa shape index (κ3) is 83.9. The molecule has 0 amide bonds. The number of aliphatic hydroxyl groups is 2. The number of unbranched alkanes of at least 4 members (excludes halogenated alkanes) is 31. The van der Waals surface area contributed by atoms with E-state index < -0.39 is 91.5 Å². The minimum Gasteiger partial charge on any atom is -0.463 e. The molecule has 0 saturated heterocycles. The number of aliphatic hydroxyl groups excluding tert-OH is 2. The van der Waals surface area contributed by atoms with Crippen LogP contribution in [0.25, 0.3) is 0 Å². The fraction of sp³-hybridized carbons (Fsp3) is 0.681. The molecule has 0 rings (SSSR count). The van der Waals surface area contributed by atoms with E-state index >= 15 is 0 Å². The van der Waals surface area contributed by atoms with Crippen LogP contribution >= 0.6 is 15.6 Å². The standard InChI is InChI=1S/C91H154O16P2/c1-4-7-10-13-16-19-22-25-27-29-31-33-35-37-39-41-42-44-46-47-49-51-53-55-57-60-62-65-68-71-74-77-89(94)101-80-86(92)81-103-108(97,98)104-82-87(93)83-105-109(99,100)106-85-88(107-91(96)79-76-73-70-67-64-59-24-21-18-15-12-9-6-3)84-102-90(95)78-75-72-69-66-63-61-58-56-54-52-50-48-45-43-40-38-36-34-32-30-28-26-23-20-17-14-11-8-5-2/h7-8,10-11,16-17,19-21,24-28,31-34,37-40,42,44-45,48,86-88,92-93H,4-6,9,12-15,18,22-23,29-30,35-36,41,43,46-47,49-85H2,1-3H3,(H,97,98)(H,99,100)/b10-7-,11-8-,19-16-,20-17-,24-21-,27-25-,28-26-,33-31-,34-32-,39-37-,40-38-,44-42-,48-45-. The van der Waals surface area contributed by atoms with Crippen molar-refractivity contribution in [3.8, 4) is 0 Å². The van der Waals surface area contributed by atoms with Crippen LogP contribution < -0.4 is 0 Å². The number of hydrogen-bond acceptors (Lipinski definition) is 14. The van der Waals surface area contributed by atoms with Crippen molar-refractivity contribution in [1.82, 2.24) is 0 Å². The van der Waals surface area contributed by atoms with Crippen molar-refractivity contribution in [2.24, 2.45) is 0 Å². The summed E-state index contributed by atoms with van der Waals surface area (Å²) < 4.78 is 61.2. The van der Waals surface area contributed by atoms with Crippen LogP contribution in [0.2, 0.25) is 0 Å². The van der Waals surface area contributed by atoms with Crippen LogP contribution in [0.15, 0.2) is 158 Å². The van der Waals surface area contributed by atoms with Crippen molar-refractivity contribution < 1.29 is 75.8 Å². The Hall–Kier alpha value is -4.83. The summed E-state index contributed by atoms with van der Waals surface area (Å²) in [7, 11) is -9.80. The molecule has 0 fully saturated rings. The maximum Gasteiger partial charge on any atom is 0.472 e. The van der Waals surface area contributed by atoms with Gasteiger partial charge in [0.1, 0.15) is 25.4 Å². The van der Waals surface area contributed by atoms with E-state index in [1.165, 1.54) is 109 Å². The summed E-state index contributed by atoms with van der Waals surface area (Å²) in [5.41, 5.74) is 0. The molecule has 0 spiro atoms. The van der Waals surface area contributed by atoms with Gasteiger partial charge >= 0.3 is 33.6 Å². The lowest BCUT2D eigenvalue weighted by molar-refractivity contribution is -0.161. The highest BCUT2D eigenvalue weighted by Crippen LogP contribution is 2.45. The zero-order valence-corrected chi connectivity index (χ0v) is 70.2. The molecule has 0 aliphatic carbocycles. The predicted molar refractivity (Wildman–Crippen MR) is 454 cm³/mol. The highest BCUT2D eigenvalue weighted by molar-refractivity contribution is 7.47. The first-order valence-electron chi connectivity index (χ1n) is 42.8. The average Bonchev–Trinajstić information content (AvgIpc) is 0.916. The van der Waals surface area contributed by atoms with E-state index in [4.69, 9.17) is 32.3 Å². The molecule has 0 heterocycles. The zero-order chi connectivity index (χ0) is 79.4. The van der Waals surface area contributed by atoms with Crippen molar-refractivity contribution in [2.75, 3.05) is 39.6 Å². The van der Waals surface area contributed by atoms with Gasteiger partial charge in [0.15, 0.2) is 6.10 Å². The fourth-order valence-corrected chi connectivity index (χ4v) is 12.9. The highest BCUT2D eigenvalue weighted by Gasteiger charge is 2.29. The van der Waals surface area contributed by atoms with E-state index in [0.29, 0.717) is 19.3 Å². The van der Waals surface area contributed by atoms with Crippen molar-refractivity contribution >= 4 is 33.6 Å². The van der Waals surface area contributed by atoms with Gasteiger partial charge in [0.25, 0.3) is 0 Å². The second kappa shape index (κ2) is 82.6. The summed E-state index contributed by atoms with van der Waals surface area (Å²) in [6, 6.07) is 0. The molecular formula is C91H154O16P2. The average molecular weight is 1570 g/mol. The lowest BCUT2D eigenvalue weighted by atomic mass is 10.0. The van der Waals surface area contributed by atoms with Crippen LogP contribution in [0.4, 0.5) is 0 Å². The molecule has 5 atom stereocenters. The van der Waals surface area contributed by atoms with Gasteiger partial charge in [-0.05, 0) is 148 Å². The molecule has 0 radical (unpaired) electrons. The van der Waals surface area contributed by atoms with Gasteiger partial charge in [-0.1, -0.05) is 333 Å². The van der Waals surface area contributed by atoms with Crippen molar-refractivity contribution in [1.29, 1.82) is 0 Å². The van der Waals surface area contributed by atoms with Gasteiger partial charge < -0.3 is 34.2 Å². The second-order valence-electron chi connectivity index (χ2n) is 28.2. The monoisotopic (exact) mass is 1570 g/mol. The number of esters is 3. The minimum absolute atomic E-state index is 0.0910. The third-order valence-corrected chi connectivity index (χ3v) is 19.6. The number of carbonyl (C=O) groups excluding carboxylic acids is 3. The van der Waals surface area contributed by atoms with Gasteiger partial charge in [0.05, 0.1) is 26.4 Å². The minimum atomic E-state index is -4.94. The van der Waals surface area contributed by atoms with Crippen molar-refractivity contribution in [3.63, 3.8) is 0 Å². The Kier molecular flexibility index (Phi) is 79.0. The first kappa shape index (κ1) is 104. The Morgan fingerprint density at radius 2 is 0.486 bits per heavy atom. The number of carbonyl (C=O) groups is 3. The lowest BCUT2D eigenvalue weighted by Crippen LogP contribution is -2.30. The van der Waals surface area contributed by atoms with Crippen LogP contribution in [0.1, 0.15) is 342 Å². The smallest absolute Gasteiger partial charge is 0.463 e. The topological polar surface area (TPSA) is 231 Å². The van der Waals surface area contributed by atoms with Gasteiger partial charge in [-0.25, -0.2) is 9.13 Å². The molecule has 0 bridgehead atoms. The SMILES string of the molecule is CC/C=C\C/C=C\C/C=C\C/C=C\C/C=C\C/C=C\CCCCCCCCCCCCCCC(=O)OCC(O)COP(=O)(O)OCC(O)COP(=O)(O)OCC(COC(=O)CCCCCCCCCCCC/C=C\C/C=C\C/C=C\C/C=C\C/C=C\C/C=C\CC)OC(=O)CCCCCCC/C=C\CCCCCC. The molecule has 4 N–H and O–H groups in total. The van der Waals surface area contributed by atoms with Crippen molar-refractivity contribution in [2.45, 2.75) is 360 Å². The Balaban J connectivity index is 4.48. The van der Waals surface area contributed by atoms with Gasteiger partial charge in [-0.2, -0.15) is 0 Å². The van der Waals surface area contributed by atoms with Gasteiger partial charge in [0, 0.05) is 19.3 Å². The Morgan fingerprint density at radius 3 is 0.780 bits per heavy atom. The van der Waals surface area contributed by atoms with Crippen LogP contribution in [0, 0.1) is 0 Å². The van der Waals surface area contributed by atoms with Gasteiger partial charge in [-0.15, -0.1) is 0 Å². The molecule has 16 nitrogen and oxygen atoms in total. The first-order chi connectivity index (χ1) is 53.2. The molecule has 5 unspecified atom stereocenters. The van der Waals surface area contributed by atoms with E-state index in [2.05, 4.69) is 179 Å². The summed E-state index contributed by atoms with van der Waals surface area (Å²) in [5.74, 6) is -1.59.